The Morgan fingerprint density at radius 3 is 2.73 bits per heavy atom. The maximum atomic E-state index is 13.8. The minimum atomic E-state index is -0.422. The van der Waals surface area contributed by atoms with Crippen molar-refractivity contribution < 1.29 is 9.18 Å². The third kappa shape index (κ3) is 3.45. The molecule has 6 nitrogen and oxygen atoms in total. The summed E-state index contributed by atoms with van der Waals surface area (Å²) in [4.78, 5) is 14.6. The number of benzene rings is 1. The number of aromatic nitrogens is 3. The first-order valence-corrected chi connectivity index (χ1v) is 9.29. The van der Waals surface area contributed by atoms with Crippen molar-refractivity contribution in [2.24, 2.45) is 5.92 Å². The molecule has 8 heteroatoms. The Hall–Kier alpha value is -2.74. The lowest BCUT2D eigenvalue weighted by atomic mass is 9.97. The fraction of sp³-hybridized carbons (Fsp3) is 0.278. The predicted molar refractivity (Wildman–Crippen MR) is 99.2 cm³/mol. The van der Waals surface area contributed by atoms with E-state index in [1.807, 2.05) is 29.1 Å². The molecule has 1 N–H and O–H groups in total. The van der Waals surface area contributed by atoms with Crippen LogP contribution in [0.1, 0.15) is 12.8 Å². The lowest BCUT2D eigenvalue weighted by Crippen LogP contribution is -2.40. The van der Waals surface area contributed by atoms with Crippen molar-refractivity contribution in [2.45, 2.75) is 12.8 Å². The number of nitrogens with zero attached hydrogens (tertiary/aromatic N) is 4. The molecule has 1 aliphatic rings. The molecule has 0 spiro atoms. The van der Waals surface area contributed by atoms with Gasteiger partial charge < -0.3 is 10.2 Å². The van der Waals surface area contributed by atoms with Crippen molar-refractivity contribution in [3.05, 3.63) is 54.6 Å². The highest BCUT2D eigenvalue weighted by Gasteiger charge is 2.28. The minimum Gasteiger partial charge on any atom is -0.346 e. The number of para-hydroxylation sites is 1. The average molecular weight is 371 g/mol. The Balaban J connectivity index is 1.44. The Bertz CT molecular complexity index is 895. The van der Waals surface area contributed by atoms with E-state index in [0.29, 0.717) is 6.54 Å². The Kier molecular flexibility index (Phi) is 4.66. The van der Waals surface area contributed by atoms with E-state index >= 15 is 0 Å². The fourth-order valence-electron chi connectivity index (χ4n) is 3.06. The first-order valence-electron chi connectivity index (χ1n) is 8.48. The van der Waals surface area contributed by atoms with Crippen LogP contribution in [0.2, 0.25) is 0 Å². The van der Waals surface area contributed by atoms with Crippen molar-refractivity contribution in [3.63, 3.8) is 0 Å². The summed E-state index contributed by atoms with van der Waals surface area (Å²) < 4.78 is 15.7. The van der Waals surface area contributed by atoms with E-state index in [1.54, 1.807) is 18.2 Å². The number of piperidine rings is 1. The number of carbonyl (C=O) groups is 1. The molecular formula is C18H18FN5OS. The molecular weight excluding hydrogens is 353 g/mol. The van der Waals surface area contributed by atoms with Gasteiger partial charge in [-0.1, -0.05) is 23.5 Å². The van der Waals surface area contributed by atoms with Gasteiger partial charge in [0.05, 0.1) is 11.6 Å². The molecule has 26 heavy (non-hydrogen) atoms. The van der Waals surface area contributed by atoms with E-state index in [0.717, 1.165) is 29.6 Å². The van der Waals surface area contributed by atoms with Crippen LogP contribution in [0, 0.1) is 11.7 Å². The third-order valence-electron chi connectivity index (χ3n) is 4.42. The summed E-state index contributed by atoms with van der Waals surface area (Å²) in [6, 6.07) is 10.1. The number of hydrogen-bond donors (Lipinski definition) is 1. The highest BCUT2D eigenvalue weighted by Crippen LogP contribution is 2.28. The van der Waals surface area contributed by atoms with Crippen molar-refractivity contribution in [1.82, 2.24) is 14.8 Å². The summed E-state index contributed by atoms with van der Waals surface area (Å²) in [7, 11) is 0. The molecule has 0 saturated carbocycles. The van der Waals surface area contributed by atoms with Gasteiger partial charge in [-0.2, -0.15) is 0 Å². The standard InChI is InChI=1S/C18H18FN5OS/c19-14-7-1-2-8-15(14)20-16(25)13-6-5-11-24(12-13)18-22-21-17(26-18)23-9-3-4-10-23/h1-4,7-10,13H,5-6,11-12H2,(H,20,25)/t13-/m1/s1. The quantitative estimate of drug-likeness (QED) is 0.764. The zero-order valence-corrected chi connectivity index (χ0v) is 14.8. The first kappa shape index (κ1) is 16.7. The van der Waals surface area contributed by atoms with Gasteiger partial charge in [0.2, 0.25) is 16.2 Å². The summed E-state index contributed by atoms with van der Waals surface area (Å²) in [6.45, 7) is 1.39. The minimum absolute atomic E-state index is 0.157. The molecule has 0 aliphatic carbocycles. The van der Waals surface area contributed by atoms with Crippen LogP contribution in [0.3, 0.4) is 0 Å². The molecule has 1 aromatic carbocycles. The van der Waals surface area contributed by atoms with Crippen molar-refractivity contribution in [3.8, 4) is 5.13 Å². The van der Waals surface area contributed by atoms with Crippen LogP contribution < -0.4 is 10.2 Å². The van der Waals surface area contributed by atoms with Gasteiger partial charge >= 0.3 is 0 Å². The molecule has 1 aliphatic heterocycles. The summed E-state index contributed by atoms with van der Waals surface area (Å²) in [6.07, 6.45) is 5.50. The monoisotopic (exact) mass is 371 g/mol. The summed E-state index contributed by atoms with van der Waals surface area (Å²) in [5.74, 6) is -0.786. The number of hydrogen-bond acceptors (Lipinski definition) is 5. The van der Waals surface area contributed by atoms with Crippen LogP contribution in [0.25, 0.3) is 5.13 Å². The van der Waals surface area contributed by atoms with Crippen LogP contribution in [-0.2, 0) is 4.79 Å². The molecule has 0 unspecified atom stereocenters. The Morgan fingerprint density at radius 2 is 1.92 bits per heavy atom. The van der Waals surface area contributed by atoms with Crippen LogP contribution in [0.5, 0.6) is 0 Å². The van der Waals surface area contributed by atoms with Gasteiger partial charge in [-0.15, -0.1) is 10.2 Å². The summed E-state index contributed by atoms with van der Waals surface area (Å²) in [5.41, 5.74) is 0.223. The Labute approximate surface area is 154 Å². The molecule has 0 radical (unpaired) electrons. The van der Waals surface area contributed by atoms with E-state index in [-0.39, 0.29) is 17.5 Å². The lowest BCUT2D eigenvalue weighted by Gasteiger charge is -2.31. The molecule has 1 saturated heterocycles. The molecule has 0 bridgehead atoms. The second-order valence-electron chi connectivity index (χ2n) is 6.21. The third-order valence-corrected chi connectivity index (χ3v) is 5.42. The summed E-state index contributed by atoms with van der Waals surface area (Å²) >= 11 is 1.49. The van der Waals surface area contributed by atoms with Gasteiger partial charge in [0.15, 0.2) is 0 Å². The average Bonchev–Trinajstić information content (AvgIpc) is 3.35. The van der Waals surface area contributed by atoms with E-state index in [4.69, 9.17) is 0 Å². The molecule has 1 amide bonds. The van der Waals surface area contributed by atoms with Crippen LogP contribution in [0.15, 0.2) is 48.8 Å². The molecule has 134 valence electrons. The van der Waals surface area contributed by atoms with Crippen molar-refractivity contribution in [2.75, 3.05) is 23.3 Å². The summed E-state index contributed by atoms with van der Waals surface area (Å²) in [5, 5.41) is 12.8. The second-order valence-corrected chi connectivity index (χ2v) is 7.15. The largest absolute Gasteiger partial charge is 0.346 e. The maximum absolute atomic E-state index is 13.8. The number of amides is 1. The van der Waals surface area contributed by atoms with Gasteiger partial charge in [0, 0.05) is 25.5 Å². The molecule has 4 rings (SSSR count). The fourth-order valence-corrected chi connectivity index (χ4v) is 3.91. The van der Waals surface area contributed by atoms with Gasteiger partial charge in [-0.3, -0.25) is 9.36 Å². The number of nitrogens with one attached hydrogen (secondary N) is 1. The van der Waals surface area contributed by atoms with Gasteiger partial charge in [0.25, 0.3) is 0 Å². The van der Waals surface area contributed by atoms with E-state index < -0.39 is 5.82 Å². The number of halogens is 1. The number of rotatable bonds is 4. The van der Waals surface area contributed by atoms with E-state index in [2.05, 4.69) is 20.4 Å². The number of anilines is 2. The Morgan fingerprint density at radius 1 is 1.15 bits per heavy atom. The van der Waals surface area contributed by atoms with Crippen LogP contribution in [-0.4, -0.2) is 33.8 Å². The number of carbonyl (C=O) groups excluding carboxylic acids is 1. The predicted octanol–water partition coefficient (Wildman–Crippen LogP) is 3.32. The van der Waals surface area contributed by atoms with Gasteiger partial charge in [-0.05, 0) is 37.1 Å². The lowest BCUT2D eigenvalue weighted by molar-refractivity contribution is -0.120. The van der Waals surface area contributed by atoms with Crippen LogP contribution >= 0.6 is 11.3 Å². The van der Waals surface area contributed by atoms with Gasteiger partial charge in [0.1, 0.15) is 5.82 Å². The molecule has 3 heterocycles. The molecule has 1 atom stereocenters. The normalized spacial score (nSPS) is 17.3. The van der Waals surface area contributed by atoms with Gasteiger partial charge in [-0.25, -0.2) is 4.39 Å². The highest BCUT2D eigenvalue weighted by atomic mass is 32.1. The van der Waals surface area contributed by atoms with E-state index in [9.17, 15) is 9.18 Å². The maximum Gasteiger partial charge on any atom is 0.229 e. The van der Waals surface area contributed by atoms with Crippen molar-refractivity contribution in [1.29, 1.82) is 0 Å². The second kappa shape index (κ2) is 7.25. The highest BCUT2D eigenvalue weighted by molar-refractivity contribution is 7.17. The molecule has 1 fully saturated rings. The first-order chi connectivity index (χ1) is 12.7. The zero-order valence-electron chi connectivity index (χ0n) is 14.0. The zero-order chi connectivity index (χ0) is 17.9. The molecule has 2 aromatic heterocycles. The molecule has 3 aromatic rings. The topological polar surface area (TPSA) is 63.1 Å². The van der Waals surface area contributed by atoms with Crippen molar-refractivity contribution >= 4 is 28.1 Å². The smallest absolute Gasteiger partial charge is 0.229 e. The SMILES string of the molecule is O=C(Nc1ccccc1F)[C@@H]1CCCN(c2nnc(-n3cccc3)s2)C1. The van der Waals surface area contributed by atoms with Crippen LogP contribution in [0.4, 0.5) is 15.2 Å². The van der Waals surface area contributed by atoms with E-state index in [1.165, 1.54) is 17.4 Å².